The molecule has 1 atom stereocenters. The first-order chi connectivity index (χ1) is 12.6. The fourth-order valence-corrected chi connectivity index (χ4v) is 3.39. The maximum Gasteiger partial charge on any atom is 0.335 e. The number of nitrogens with zero attached hydrogens (tertiary/aromatic N) is 1. The molecule has 2 aromatic rings. The number of benzene rings is 2. The van der Waals surface area contributed by atoms with Crippen molar-refractivity contribution in [1.82, 2.24) is 10.2 Å². The second-order valence-electron chi connectivity index (χ2n) is 6.66. The van der Waals surface area contributed by atoms with Gasteiger partial charge in [-0.15, -0.1) is 0 Å². The van der Waals surface area contributed by atoms with Crippen LogP contribution in [-0.4, -0.2) is 41.0 Å². The van der Waals surface area contributed by atoms with E-state index in [2.05, 4.69) is 22.3 Å². The SMILES string of the molecule is O=C(O)c1ccc(CCNC(=O)[C@@H]2CCCN2Cc2ccccc2)cc1. The molecule has 0 aliphatic carbocycles. The predicted molar refractivity (Wildman–Crippen MR) is 100.0 cm³/mol. The van der Waals surface area contributed by atoms with E-state index >= 15 is 0 Å². The zero-order valence-electron chi connectivity index (χ0n) is 14.7. The second kappa shape index (κ2) is 8.63. The molecule has 1 saturated heterocycles. The van der Waals surface area contributed by atoms with E-state index in [9.17, 15) is 9.59 Å². The Hall–Kier alpha value is -2.66. The number of nitrogens with one attached hydrogen (secondary N) is 1. The van der Waals surface area contributed by atoms with Gasteiger partial charge in [-0.05, 0) is 49.1 Å². The molecule has 0 aromatic heterocycles. The zero-order valence-corrected chi connectivity index (χ0v) is 14.7. The number of rotatable bonds is 7. The molecule has 5 nitrogen and oxygen atoms in total. The molecule has 26 heavy (non-hydrogen) atoms. The Balaban J connectivity index is 1.48. The van der Waals surface area contributed by atoms with Crippen molar-refractivity contribution in [3.05, 3.63) is 71.3 Å². The fourth-order valence-electron chi connectivity index (χ4n) is 3.39. The summed E-state index contributed by atoms with van der Waals surface area (Å²) in [6, 6.07) is 17.0. The summed E-state index contributed by atoms with van der Waals surface area (Å²) >= 11 is 0. The summed E-state index contributed by atoms with van der Waals surface area (Å²) in [5.41, 5.74) is 2.52. The molecule has 0 saturated carbocycles. The molecule has 2 aromatic carbocycles. The molecule has 1 aliphatic heterocycles. The third-order valence-corrected chi connectivity index (χ3v) is 4.81. The summed E-state index contributed by atoms with van der Waals surface area (Å²) in [6.07, 6.45) is 2.63. The molecular weight excluding hydrogens is 328 g/mol. The average molecular weight is 352 g/mol. The van der Waals surface area contributed by atoms with Gasteiger partial charge in [-0.3, -0.25) is 9.69 Å². The smallest absolute Gasteiger partial charge is 0.335 e. The molecule has 3 rings (SSSR count). The number of aromatic carboxylic acids is 1. The third kappa shape index (κ3) is 4.70. The number of amides is 1. The van der Waals surface area contributed by atoms with Gasteiger partial charge in [-0.1, -0.05) is 42.5 Å². The number of carboxylic acids is 1. The van der Waals surface area contributed by atoms with Crippen molar-refractivity contribution in [1.29, 1.82) is 0 Å². The summed E-state index contributed by atoms with van der Waals surface area (Å²) in [4.78, 5) is 25.7. The van der Waals surface area contributed by atoms with E-state index in [1.807, 2.05) is 18.2 Å². The van der Waals surface area contributed by atoms with Crippen molar-refractivity contribution < 1.29 is 14.7 Å². The highest BCUT2D eigenvalue weighted by Crippen LogP contribution is 2.20. The van der Waals surface area contributed by atoms with Gasteiger partial charge in [0.05, 0.1) is 11.6 Å². The molecule has 0 bridgehead atoms. The van der Waals surface area contributed by atoms with Gasteiger partial charge in [0.1, 0.15) is 0 Å². The minimum Gasteiger partial charge on any atom is -0.478 e. The van der Waals surface area contributed by atoms with E-state index < -0.39 is 5.97 Å². The van der Waals surface area contributed by atoms with Gasteiger partial charge in [-0.2, -0.15) is 0 Å². The van der Waals surface area contributed by atoms with Gasteiger partial charge in [0.15, 0.2) is 0 Å². The summed E-state index contributed by atoms with van der Waals surface area (Å²) in [5, 5.41) is 11.9. The summed E-state index contributed by atoms with van der Waals surface area (Å²) in [6.45, 7) is 2.31. The fraction of sp³-hybridized carbons (Fsp3) is 0.333. The number of hydrogen-bond acceptors (Lipinski definition) is 3. The van der Waals surface area contributed by atoms with Crippen LogP contribution in [0.3, 0.4) is 0 Å². The molecule has 1 aliphatic rings. The highest BCUT2D eigenvalue weighted by Gasteiger charge is 2.30. The van der Waals surface area contributed by atoms with Crippen molar-refractivity contribution in [3.8, 4) is 0 Å². The van der Waals surface area contributed by atoms with Gasteiger partial charge in [-0.25, -0.2) is 4.79 Å². The van der Waals surface area contributed by atoms with Crippen LogP contribution in [0.15, 0.2) is 54.6 Å². The maximum atomic E-state index is 12.5. The van der Waals surface area contributed by atoms with Gasteiger partial charge in [0.25, 0.3) is 0 Å². The molecule has 0 radical (unpaired) electrons. The average Bonchev–Trinajstić information content (AvgIpc) is 3.11. The topological polar surface area (TPSA) is 69.6 Å². The van der Waals surface area contributed by atoms with Crippen molar-refractivity contribution >= 4 is 11.9 Å². The number of hydrogen-bond donors (Lipinski definition) is 2. The highest BCUT2D eigenvalue weighted by atomic mass is 16.4. The van der Waals surface area contributed by atoms with E-state index in [4.69, 9.17) is 5.11 Å². The van der Waals surface area contributed by atoms with Crippen LogP contribution in [-0.2, 0) is 17.8 Å². The minimum atomic E-state index is -0.926. The summed E-state index contributed by atoms with van der Waals surface area (Å²) in [7, 11) is 0. The van der Waals surface area contributed by atoms with E-state index in [0.29, 0.717) is 13.0 Å². The lowest BCUT2D eigenvalue weighted by atomic mass is 10.1. The van der Waals surface area contributed by atoms with Gasteiger partial charge < -0.3 is 10.4 Å². The normalized spacial score (nSPS) is 17.2. The van der Waals surface area contributed by atoms with Crippen molar-refractivity contribution in [2.45, 2.75) is 31.8 Å². The molecule has 5 heteroatoms. The van der Waals surface area contributed by atoms with Crippen LogP contribution in [0.5, 0.6) is 0 Å². The second-order valence-corrected chi connectivity index (χ2v) is 6.66. The number of carbonyl (C=O) groups is 2. The third-order valence-electron chi connectivity index (χ3n) is 4.81. The number of carboxylic acid groups (broad SMARTS) is 1. The molecule has 2 N–H and O–H groups in total. The minimum absolute atomic E-state index is 0.0652. The van der Waals surface area contributed by atoms with Gasteiger partial charge >= 0.3 is 5.97 Å². The molecule has 1 amide bonds. The summed E-state index contributed by atoms with van der Waals surface area (Å²) in [5.74, 6) is -0.842. The lowest BCUT2D eigenvalue weighted by molar-refractivity contribution is -0.125. The van der Waals surface area contributed by atoms with E-state index in [1.54, 1.807) is 24.3 Å². The van der Waals surface area contributed by atoms with Crippen LogP contribution in [0.1, 0.15) is 34.3 Å². The van der Waals surface area contributed by atoms with Crippen LogP contribution in [0.25, 0.3) is 0 Å². The zero-order chi connectivity index (χ0) is 18.4. The molecule has 0 spiro atoms. The van der Waals surface area contributed by atoms with Crippen LogP contribution in [0.4, 0.5) is 0 Å². The van der Waals surface area contributed by atoms with Crippen LogP contribution in [0, 0.1) is 0 Å². The first kappa shape index (κ1) is 18.1. The maximum absolute atomic E-state index is 12.5. The van der Waals surface area contributed by atoms with E-state index in [1.165, 1.54) is 5.56 Å². The summed E-state index contributed by atoms with van der Waals surface area (Å²) < 4.78 is 0. The number of carbonyl (C=O) groups excluding carboxylic acids is 1. The monoisotopic (exact) mass is 352 g/mol. The highest BCUT2D eigenvalue weighted by molar-refractivity contribution is 5.87. The van der Waals surface area contributed by atoms with Crippen LogP contribution >= 0.6 is 0 Å². The Morgan fingerprint density at radius 1 is 1.04 bits per heavy atom. The Labute approximate surface area is 153 Å². The lowest BCUT2D eigenvalue weighted by Crippen LogP contribution is -2.43. The van der Waals surface area contributed by atoms with Crippen LogP contribution < -0.4 is 5.32 Å². The predicted octanol–water partition coefficient (Wildman–Crippen LogP) is 2.71. The van der Waals surface area contributed by atoms with E-state index in [-0.39, 0.29) is 17.5 Å². The Morgan fingerprint density at radius 3 is 2.46 bits per heavy atom. The molecular formula is C21H24N2O3. The first-order valence-electron chi connectivity index (χ1n) is 9.01. The quantitative estimate of drug-likeness (QED) is 0.804. The Kier molecular flexibility index (Phi) is 6.02. The number of likely N-dealkylation sites (tertiary alicyclic amines) is 1. The van der Waals surface area contributed by atoms with Gasteiger partial charge in [0, 0.05) is 13.1 Å². The lowest BCUT2D eigenvalue weighted by Gasteiger charge is -2.23. The molecule has 136 valence electrons. The molecule has 1 heterocycles. The molecule has 1 fully saturated rings. The Morgan fingerprint density at radius 2 is 1.77 bits per heavy atom. The first-order valence-corrected chi connectivity index (χ1v) is 9.01. The van der Waals surface area contributed by atoms with Crippen molar-refractivity contribution in [2.24, 2.45) is 0 Å². The van der Waals surface area contributed by atoms with Gasteiger partial charge in [0.2, 0.25) is 5.91 Å². The largest absolute Gasteiger partial charge is 0.478 e. The van der Waals surface area contributed by atoms with Crippen LogP contribution in [0.2, 0.25) is 0 Å². The van der Waals surface area contributed by atoms with Crippen molar-refractivity contribution in [3.63, 3.8) is 0 Å². The Bertz CT molecular complexity index is 744. The standard InChI is InChI=1S/C21H24N2O3/c24-20(22-13-12-16-8-10-18(11-9-16)21(25)26)19-7-4-14-23(19)15-17-5-2-1-3-6-17/h1-3,5-6,8-11,19H,4,7,12-15H2,(H,22,24)(H,25,26)/t19-/m0/s1. The van der Waals surface area contributed by atoms with E-state index in [0.717, 1.165) is 31.5 Å². The van der Waals surface area contributed by atoms with Crippen molar-refractivity contribution in [2.75, 3.05) is 13.1 Å². The molecule has 0 unspecified atom stereocenters.